The van der Waals surface area contributed by atoms with Crippen molar-refractivity contribution < 1.29 is 4.43 Å². The van der Waals surface area contributed by atoms with Gasteiger partial charge in [0.05, 0.1) is 12.3 Å². The van der Waals surface area contributed by atoms with Crippen LogP contribution in [0.2, 0.25) is 18.1 Å². The summed E-state index contributed by atoms with van der Waals surface area (Å²) in [7, 11) is -1.65. The summed E-state index contributed by atoms with van der Waals surface area (Å²) in [5.41, 5.74) is 3.39. The molecule has 1 N–H and O–H groups in total. The molecule has 0 unspecified atom stereocenters. The Morgan fingerprint density at radius 1 is 1.25 bits per heavy atom. The van der Waals surface area contributed by atoms with Crippen molar-refractivity contribution in [1.29, 1.82) is 0 Å². The zero-order chi connectivity index (χ0) is 12.6. The molecule has 0 aliphatic carbocycles. The fourth-order valence-electron chi connectivity index (χ4n) is 1.26. The lowest BCUT2D eigenvalue weighted by Crippen LogP contribution is -2.40. The molecule has 0 spiro atoms. The van der Waals surface area contributed by atoms with Crippen LogP contribution >= 0.6 is 0 Å². The fraction of sp³-hybridized carbons (Fsp3) is 0.750. The summed E-state index contributed by atoms with van der Waals surface area (Å²) in [5, 5.41) is 7.45. The van der Waals surface area contributed by atoms with Gasteiger partial charge in [0.1, 0.15) is 0 Å². The molecule has 0 bridgehead atoms. The highest BCUT2D eigenvalue weighted by atomic mass is 28.4. The molecule has 0 saturated carbocycles. The van der Waals surface area contributed by atoms with E-state index in [0.29, 0.717) is 6.61 Å². The maximum absolute atomic E-state index is 6.18. The summed E-state index contributed by atoms with van der Waals surface area (Å²) in [5.74, 6) is 0. The number of nitrogens with one attached hydrogen (secondary N) is 1. The molecule has 0 aliphatic heterocycles. The fourth-order valence-corrected chi connectivity index (χ4v) is 2.19. The molecule has 0 fully saturated rings. The number of rotatable bonds is 3. The molecule has 0 radical (unpaired) electrons. The monoisotopic (exact) mass is 240 g/mol. The van der Waals surface area contributed by atoms with Gasteiger partial charge in [0.2, 0.25) is 0 Å². The third-order valence-electron chi connectivity index (χ3n) is 3.66. The highest BCUT2D eigenvalue weighted by Gasteiger charge is 2.37. The maximum Gasteiger partial charge on any atom is 0.192 e. The van der Waals surface area contributed by atoms with Gasteiger partial charge in [-0.25, -0.2) is 0 Å². The second kappa shape index (κ2) is 4.34. The van der Waals surface area contributed by atoms with Crippen molar-refractivity contribution in [3.8, 4) is 0 Å². The van der Waals surface area contributed by atoms with Crippen LogP contribution in [0.1, 0.15) is 37.7 Å². The predicted molar refractivity (Wildman–Crippen MR) is 70.0 cm³/mol. The van der Waals surface area contributed by atoms with Crippen LogP contribution in [-0.4, -0.2) is 18.5 Å². The third kappa shape index (κ3) is 2.74. The van der Waals surface area contributed by atoms with E-state index in [1.54, 1.807) is 0 Å². The molecule has 0 aromatic carbocycles. The van der Waals surface area contributed by atoms with Gasteiger partial charge in [-0.3, -0.25) is 5.10 Å². The molecule has 92 valence electrons. The number of aromatic nitrogens is 2. The van der Waals surface area contributed by atoms with Crippen LogP contribution in [0.15, 0.2) is 0 Å². The van der Waals surface area contributed by atoms with Gasteiger partial charge in [0.15, 0.2) is 8.32 Å². The standard InChI is InChI=1S/C12H24N2OSi/c1-9-11(10(2)14-13-9)8-15-16(6,7)12(3,4)5/h8H2,1-7H3,(H,13,14). The van der Waals surface area contributed by atoms with Crippen LogP contribution in [0.3, 0.4) is 0 Å². The van der Waals surface area contributed by atoms with Crippen molar-refractivity contribution in [3.63, 3.8) is 0 Å². The van der Waals surface area contributed by atoms with Crippen molar-refractivity contribution >= 4 is 8.32 Å². The molecular formula is C12H24N2OSi. The Morgan fingerprint density at radius 3 is 2.19 bits per heavy atom. The summed E-state index contributed by atoms with van der Waals surface area (Å²) in [6.45, 7) is 16.1. The second-order valence-electron chi connectivity index (χ2n) is 5.96. The normalized spacial score (nSPS) is 13.2. The van der Waals surface area contributed by atoms with Gasteiger partial charge >= 0.3 is 0 Å². The Hall–Kier alpha value is -0.613. The lowest BCUT2D eigenvalue weighted by atomic mass is 10.2. The Balaban J connectivity index is 2.72. The molecule has 3 nitrogen and oxygen atoms in total. The quantitative estimate of drug-likeness (QED) is 0.821. The van der Waals surface area contributed by atoms with Gasteiger partial charge < -0.3 is 4.43 Å². The number of aromatic amines is 1. The summed E-state index contributed by atoms with van der Waals surface area (Å²) in [4.78, 5) is 0. The predicted octanol–water partition coefficient (Wildman–Crippen LogP) is 3.55. The molecule has 16 heavy (non-hydrogen) atoms. The van der Waals surface area contributed by atoms with Gasteiger partial charge in [-0.2, -0.15) is 5.10 Å². The smallest absolute Gasteiger partial charge is 0.192 e. The Morgan fingerprint density at radius 2 is 1.81 bits per heavy atom. The van der Waals surface area contributed by atoms with Crippen LogP contribution in [0, 0.1) is 13.8 Å². The van der Waals surface area contributed by atoms with Gasteiger partial charge in [-0.1, -0.05) is 20.8 Å². The van der Waals surface area contributed by atoms with E-state index in [-0.39, 0.29) is 5.04 Å². The SMILES string of the molecule is Cc1n[nH]c(C)c1CO[Si](C)(C)C(C)(C)C. The molecule has 1 heterocycles. The first-order valence-corrected chi connectivity index (χ1v) is 8.70. The van der Waals surface area contributed by atoms with Crippen molar-refractivity contribution in [2.75, 3.05) is 0 Å². The number of aryl methyl sites for hydroxylation is 2. The van der Waals surface area contributed by atoms with E-state index in [2.05, 4.69) is 44.1 Å². The first kappa shape index (κ1) is 13.5. The molecule has 1 aromatic heterocycles. The van der Waals surface area contributed by atoms with E-state index in [4.69, 9.17) is 4.43 Å². The van der Waals surface area contributed by atoms with Crippen LogP contribution in [-0.2, 0) is 11.0 Å². The number of hydrogen-bond acceptors (Lipinski definition) is 2. The second-order valence-corrected chi connectivity index (χ2v) is 10.8. The van der Waals surface area contributed by atoms with E-state index >= 15 is 0 Å². The van der Waals surface area contributed by atoms with Gasteiger partial charge in [-0.05, 0) is 32.0 Å². The topological polar surface area (TPSA) is 37.9 Å². The largest absolute Gasteiger partial charge is 0.412 e. The highest BCUT2D eigenvalue weighted by Crippen LogP contribution is 2.37. The lowest BCUT2D eigenvalue weighted by Gasteiger charge is -2.36. The lowest BCUT2D eigenvalue weighted by molar-refractivity contribution is 0.275. The molecule has 4 heteroatoms. The minimum atomic E-state index is -1.65. The molecule has 1 rings (SSSR count). The highest BCUT2D eigenvalue weighted by molar-refractivity contribution is 6.74. The van der Waals surface area contributed by atoms with E-state index in [0.717, 1.165) is 11.4 Å². The number of H-pyrrole nitrogens is 1. The third-order valence-corrected chi connectivity index (χ3v) is 8.14. The molecule has 0 aliphatic rings. The zero-order valence-corrected chi connectivity index (χ0v) is 12.6. The minimum absolute atomic E-state index is 0.262. The van der Waals surface area contributed by atoms with Gasteiger partial charge in [-0.15, -0.1) is 0 Å². The van der Waals surface area contributed by atoms with E-state index < -0.39 is 8.32 Å². The van der Waals surface area contributed by atoms with Crippen molar-refractivity contribution in [2.24, 2.45) is 0 Å². The van der Waals surface area contributed by atoms with Crippen LogP contribution < -0.4 is 0 Å². The number of nitrogens with zero attached hydrogens (tertiary/aromatic N) is 1. The Labute approximate surface area is 99.7 Å². The molecular weight excluding hydrogens is 216 g/mol. The number of hydrogen-bond donors (Lipinski definition) is 1. The van der Waals surface area contributed by atoms with E-state index in [9.17, 15) is 0 Å². The van der Waals surface area contributed by atoms with Crippen LogP contribution in [0.4, 0.5) is 0 Å². The summed E-state index contributed by atoms with van der Waals surface area (Å²) in [6.07, 6.45) is 0. The Kier molecular flexibility index (Phi) is 3.64. The molecule has 1 aromatic rings. The summed E-state index contributed by atoms with van der Waals surface area (Å²) in [6, 6.07) is 0. The van der Waals surface area contributed by atoms with Gasteiger partial charge in [0, 0.05) is 11.3 Å². The zero-order valence-electron chi connectivity index (χ0n) is 11.6. The van der Waals surface area contributed by atoms with Crippen LogP contribution in [0.5, 0.6) is 0 Å². The van der Waals surface area contributed by atoms with Crippen molar-refractivity contribution in [2.45, 2.75) is 59.4 Å². The molecule has 0 atom stereocenters. The molecule has 0 amide bonds. The van der Waals surface area contributed by atoms with E-state index in [1.165, 1.54) is 5.56 Å². The first-order valence-electron chi connectivity index (χ1n) is 5.79. The van der Waals surface area contributed by atoms with Gasteiger partial charge in [0.25, 0.3) is 0 Å². The minimum Gasteiger partial charge on any atom is -0.412 e. The Bertz CT molecular complexity index is 344. The van der Waals surface area contributed by atoms with Crippen molar-refractivity contribution in [3.05, 3.63) is 17.0 Å². The maximum atomic E-state index is 6.18. The average molecular weight is 240 g/mol. The summed E-state index contributed by atoms with van der Waals surface area (Å²) < 4.78 is 6.18. The van der Waals surface area contributed by atoms with Crippen molar-refractivity contribution in [1.82, 2.24) is 10.2 Å². The van der Waals surface area contributed by atoms with E-state index in [1.807, 2.05) is 13.8 Å². The van der Waals surface area contributed by atoms with Crippen LogP contribution in [0.25, 0.3) is 0 Å². The first-order chi connectivity index (χ1) is 7.15. The average Bonchev–Trinajstić information content (AvgIpc) is 2.42. The summed E-state index contributed by atoms with van der Waals surface area (Å²) >= 11 is 0. The molecule has 0 saturated heterocycles.